The summed E-state index contributed by atoms with van der Waals surface area (Å²) < 4.78 is 4.96. The molecule has 184 valence electrons. The van der Waals surface area contributed by atoms with Crippen molar-refractivity contribution in [2.75, 3.05) is 49.9 Å². The van der Waals surface area contributed by atoms with Gasteiger partial charge in [-0.2, -0.15) is 0 Å². The van der Waals surface area contributed by atoms with Gasteiger partial charge in [0, 0.05) is 51.2 Å². The summed E-state index contributed by atoms with van der Waals surface area (Å²) in [7, 11) is 8.14. The monoisotopic (exact) mass is 490 g/mol. The molecule has 7 heteroatoms. The van der Waals surface area contributed by atoms with Crippen molar-refractivity contribution in [3.05, 3.63) is 89.0 Å². The third kappa shape index (κ3) is 6.73. The number of aryl methyl sites for hydroxylation is 1. The Balaban J connectivity index is 2.08. The van der Waals surface area contributed by atoms with Crippen molar-refractivity contribution in [3.8, 4) is 0 Å². The van der Waals surface area contributed by atoms with Crippen LogP contribution < -0.4 is 20.4 Å². The van der Waals surface area contributed by atoms with Crippen molar-refractivity contribution in [3.63, 3.8) is 0 Å². The van der Waals surface area contributed by atoms with Crippen LogP contribution in [0.3, 0.4) is 0 Å². The molecular formula is C28H34N4O2S. The molecule has 6 nitrogen and oxygen atoms in total. The van der Waals surface area contributed by atoms with Gasteiger partial charge in [0.15, 0.2) is 5.11 Å². The van der Waals surface area contributed by atoms with E-state index in [-0.39, 0.29) is 17.6 Å². The fourth-order valence-electron chi connectivity index (χ4n) is 3.93. The molecule has 0 saturated carbocycles. The van der Waals surface area contributed by atoms with E-state index in [2.05, 4.69) is 82.0 Å². The summed E-state index contributed by atoms with van der Waals surface area (Å²) in [5.41, 5.74) is 7.62. The number of ether oxygens (including phenoxy) is 1. The second kappa shape index (κ2) is 11.7. The standard InChI is InChI=1S/C28H34N4O2S/c1-7-34-28(33)30-27(35)29-25-17-8-19(2)18-24(25)26(20-9-13-22(14-10-20)31(3)4)21-11-15-23(16-12-21)32(5)6/h8-18,26H,7H2,1-6H3,(H2,29,30,33,35). The first-order valence-electron chi connectivity index (χ1n) is 11.6. The summed E-state index contributed by atoms with van der Waals surface area (Å²) in [5, 5.41) is 5.98. The number of benzene rings is 3. The summed E-state index contributed by atoms with van der Waals surface area (Å²) in [6.07, 6.45) is -0.575. The van der Waals surface area contributed by atoms with E-state index in [9.17, 15) is 4.79 Å². The predicted molar refractivity (Wildman–Crippen MR) is 150 cm³/mol. The third-order valence-electron chi connectivity index (χ3n) is 5.74. The summed E-state index contributed by atoms with van der Waals surface area (Å²) >= 11 is 5.40. The van der Waals surface area contributed by atoms with Gasteiger partial charge in [-0.05, 0) is 73.1 Å². The third-order valence-corrected chi connectivity index (χ3v) is 5.95. The van der Waals surface area contributed by atoms with Crippen LogP contribution in [-0.2, 0) is 4.74 Å². The van der Waals surface area contributed by atoms with Gasteiger partial charge in [0.05, 0.1) is 6.61 Å². The maximum atomic E-state index is 11.9. The van der Waals surface area contributed by atoms with Gasteiger partial charge in [-0.3, -0.25) is 5.32 Å². The molecule has 0 unspecified atom stereocenters. The maximum absolute atomic E-state index is 11.9. The minimum atomic E-state index is -0.575. The molecule has 3 aromatic rings. The predicted octanol–water partition coefficient (Wildman–Crippen LogP) is 5.75. The Morgan fingerprint density at radius 2 is 1.40 bits per heavy atom. The Bertz CT molecular complexity index is 1110. The molecule has 0 aliphatic heterocycles. The van der Waals surface area contributed by atoms with Gasteiger partial charge in [0.25, 0.3) is 0 Å². The zero-order chi connectivity index (χ0) is 25.5. The first kappa shape index (κ1) is 26.0. The molecular weight excluding hydrogens is 456 g/mol. The van der Waals surface area contributed by atoms with Crippen molar-refractivity contribution >= 4 is 40.5 Å². The summed E-state index contributed by atoms with van der Waals surface area (Å²) in [4.78, 5) is 16.0. The van der Waals surface area contributed by atoms with Gasteiger partial charge in [-0.15, -0.1) is 0 Å². The highest BCUT2D eigenvalue weighted by Gasteiger charge is 2.21. The van der Waals surface area contributed by atoms with E-state index in [1.54, 1.807) is 6.92 Å². The lowest BCUT2D eigenvalue weighted by molar-refractivity contribution is 0.158. The topological polar surface area (TPSA) is 56.8 Å². The highest BCUT2D eigenvalue weighted by Crippen LogP contribution is 2.38. The van der Waals surface area contributed by atoms with Crippen LogP contribution in [0.25, 0.3) is 0 Å². The molecule has 0 fully saturated rings. The van der Waals surface area contributed by atoms with Crippen LogP contribution in [0.5, 0.6) is 0 Å². The molecule has 0 heterocycles. The first-order valence-corrected chi connectivity index (χ1v) is 12.0. The van der Waals surface area contributed by atoms with Crippen molar-refractivity contribution in [2.24, 2.45) is 0 Å². The lowest BCUT2D eigenvalue weighted by Gasteiger charge is -2.25. The van der Waals surface area contributed by atoms with E-state index in [4.69, 9.17) is 17.0 Å². The van der Waals surface area contributed by atoms with Gasteiger partial charge in [0.1, 0.15) is 0 Å². The number of hydrogen-bond donors (Lipinski definition) is 2. The van der Waals surface area contributed by atoms with E-state index in [0.29, 0.717) is 0 Å². The SMILES string of the molecule is CCOC(=O)NC(=S)Nc1ccc(C)cc1C(c1ccc(N(C)C)cc1)c1ccc(N(C)C)cc1. The molecule has 0 aromatic heterocycles. The second-order valence-corrected chi connectivity index (χ2v) is 9.20. The molecule has 0 aliphatic rings. The second-order valence-electron chi connectivity index (χ2n) is 8.80. The van der Waals surface area contributed by atoms with E-state index in [1.807, 2.05) is 40.3 Å². The van der Waals surface area contributed by atoms with Crippen LogP contribution >= 0.6 is 12.2 Å². The van der Waals surface area contributed by atoms with Crippen molar-refractivity contribution in [2.45, 2.75) is 19.8 Å². The van der Waals surface area contributed by atoms with Gasteiger partial charge in [0.2, 0.25) is 0 Å². The summed E-state index contributed by atoms with van der Waals surface area (Å²) in [6, 6.07) is 23.4. The normalized spacial score (nSPS) is 10.6. The molecule has 3 rings (SSSR count). The maximum Gasteiger partial charge on any atom is 0.413 e. The van der Waals surface area contributed by atoms with Crippen molar-refractivity contribution < 1.29 is 9.53 Å². The van der Waals surface area contributed by atoms with E-state index >= 15 is 0 Å². The smallest absolute Gasteiger partial charge is 0.413 e. The van der Waals surface area contributed by atoms with Crippen LogP contribution in [-0.4, -0.2) is 46.0 Å². The number of anilines is 3. The van der Waals surface area contributed by atoms with Gasteiger partial charge < -0.3 is 19.9 Å². The lowest BCUT2D eigenvalue weighted by Crippen LogP contribution is -2.34. The fraction of sp³-hybridized carbons (Fsp3) is 0.286. The number of hydrogen-bond acceptors (Lipinski definition) is 5. The molecule has 0 bridgehead atoms. The van der Waals surface area contributed by atoms with Crippen LogP contribution in [0.4, 0.5) is 21.9 Å². The van der Waals surface area contributed by atoms with E-state index < -0.39 is 6.09 Å². The fourth-order valence-corrected chi connectivity index (χ4v) is 4.12. The number of alkyl carbamates (subject to hydrolysis) is 1. The molecule has 0 radical (unpaired) electrons. The molecule has 35 heavy (non-hydrogen) atoms. The Kier molecular flexibility index (Phi) is 8.71. The summed E-state index contributed by atoms with van der Waals surface area (Å²) in [5.74, 6) is -0.0461. The average molecular weight is 491 g/mol. The zero-order valence-electron chi connectivity index (χ0n) is 21.3. The van der Waals surface area contributed by atoms with Gasteiger partial charge >= 0.3 is 6.09 Å². The molecule has 2 N–H and O–H groups in total. The number of carbonyl (C=O) groups excluding carboxylic acids is 1. The summed E-state index contributed by atoms with van der Waals surface area (Å²) in [6.45, 7) is 4.10. The Morgan fingerprint density at radius 3 is 1.86 bits per heavy atom. The lowest BCUT2D eigenvalue weighted by atomic mass is 9.83. The van der Waals surface area contributed by atoms with Crippen LogP contribution in [0.2, 0.25) is 0 Å². The van der Waals surface area contributed by atoms with Crippen LogP contribution in [0.15, 0.2) is 66.7 Å². The molecule has 0 saturated heterocycles. The van der Waals surface area contributed by atoms with Crippen molar-refractivity contribution in [1.82, 2.24) is 5.32 Å². The molecule has 3 aromatic carbocycles. The van der Waals surface area contributed by atoms with E-state index in [1.165, 1.54) is 0 Å². The average Bonchev–Trinajstić information content (AvgIpc) is 2.81. The van der Waals surface area contributed by atoms with Crippen LogP contribution in [0.1, 0.15) is 35.1 Å². The Hall–Kier alpha value is -3.58. The minimum absolute atomic E-state index is 0.0461. The number of nitrogens with zero attached hydrogens (tertiary/aromatic N) is 2. The minimum Gasteiger partial charge on any atom is -0.450 e. The zero-order valence-corrected chi connectivity index (χ0v) is 22.1. The van der Waals surface area contributed by atoms with Crippen LogP contribution in [0, 0.1) is 6.92 Å². The quantitative estimate of drug-likeness (QED) is 0.325. The number of rotatable bonds is 7. The van der Waals surface area contributed by atoms with Crippen molar-refractivity contribution in [1.29, 1.82) is 0 Å². The largest absolute Gasteiger partial charge is 0.450 e. The molecule has 0 spiro atoms. The molecule has 0 aliphatic carbocycles. The highest BCUT2D eigenvalue weighted by molar-refractivity contribution is 7.80. The first-order chi connectivity index (χ1) is 16.7. The molecule has 0 atom stereocenters. The number of thiocarbonyl (C=S) groups is 1. The Morgan fingerprint density at radius 1 is 0.886 bits per heavy atom. The van der Waals surface area contributed by atoms with Gasteiger partial charge in [-0.25, -0.2) is 4.79 Å². The number of carbonyl (C=O) groups is 1. The highest BCUT2D eigenvalue weighted by atomic mass is 32.1. The van der Waals surface area contributed by atoms with E-state index in [0.717, 1.165) is 39.3 Å². The van der Waals surface area contributed by atoms with Gasteiger partial charge in [-0.1, -0.05) is 42.0 Å². The molecule has 1 amide bonds. The number of nitrogens with one attached hydrogen (secondary N) is 2. The Labute approximate surface area is 213 Å². The number of amides is 1.